The van der Waals surface area contributed by atoms with Crippen molar-refractivity contribution in [2.75, 3.05) is 5.32 Å². The number of amides is 1. The molecule has 0 saturated carbocycles. The van der Waals surface area contributed by atoms with Gasteiger partial charge in [0, 0.05) is 16.6 Å². The summed E-state index contributed by atoms with van der Waals surface area (Å²) in [6.07, 6.45) is 0. The summed E-state index contributed by atoms with van der Waals surface area (Å²) in [6.45, 7) is 0. The van der Waals surface area contributed by atoms with Crippen LogP contribution in [-0.2, 0) is 0 Å². The van der Waals surface area contributed by atoms with Crippen LogP contribution in [-0.4, -0.2) is 25.8 Å². The predicted molar refractivity (Wildman–Crippen MR) is 58.8 cm³/mol. The van der Waals surface area contributed by atoms with E-state index in [1.165, 1.54) is 18.2 Å². The van der Waals surface area contributed by atoms with Crippen molar-refractivity contribution >= 4 is 34.2 Å². The molecule has 6 nitrogen and oxygen atoms in total. The van der Waals surface area contributed by atoms with E-state index in [0.717, 1.165) is 11.5 Å². The van der Waals surface area contributed by atoms with Crippen LogP contribution in [0.1, 0.15) is 10.4 Å². The van der Waals surface area contributed by atoms with E-state index in [-0.39, 0.29) is 16.4 Å². The second-order valence-corrected chi connectivity index (χ2v) is 3.95. The summed E-state index contributed by atoms with van der Waals surface area (Å²) in [5.41, 5.74) is 0.111. The van der Waals surface area contributed by atoms with Gasteiger partial charge in [0.1, 0.15) is 5.75 Å². The molecule has 8 heteroatoms. The summed E-state index contributed by atoms with van der Waals surface area (Å²) in [5.74, 6) is -0.685. The summed E-state index contributed by atoms with van der Waals surface area (Å²) < 4.78 is 3.49. The van der Waals surface area contributed by atoms with Crippen LogP contribution in [0.2, 0.25) is 5.02 Å². The first-order valence-electron chi connectivity index (χ1n) is 4.12. The highest BCUT2D eigenvalue weighted by Gasteiger charge is 2.13. The number of anilines is 1. The lowest BCUT2D eigenvalue weighted by molar-refractivity contribution is 0.102. The average molecular weight is 257 g/mol. The second-order valence-electron chi connectivity index (χ2n) is 2.78. The predicted octanol–water partition coefficient (Wildman–Crippen LogP) is 1.54. The van der Waals surface area contributed by atoms with E-state index < -0.39 is 5.91 Å². The summed E-state index contributed by atoms with van der Waals surface area (Å²) in [7, 11) is 0. The van der Waals surface area contributed by atoms with E-state index in [2.05, 4.69) is 20.1 Å². The molecule has 82 valence electrons. The van der Waals surface area contributed by atoms with Gasteiger partial charge in [0.15, 0.2) is 0 Å². The summed E-state index contributed by atoms with van der Waals surface area (Å²) in [5, 5.41) is 19.4. The molecule has 1 amide bonds. The lowest BCUT2D eigenvalue weighted by Gasteiger charge is -2.03. The number of carbonyl (C=O) groups is 1. The van der Waals surface area contributed by atoms with Gasteiger partial charge in [0.05, 0.1) is 5.56 Å². The van der Waals surface area contributed by atoms with Crippen LogP contribution < -0.4 is 5.32 Å². The Labute approximate surface area is 99.0 Å². The summed E-state index contributed by atoms with van der Waals surface area (Å²) >= 11 is 6.59. The molecule has 0 aliphatic heterocycles. The van der Waals surface area contributed by atoms with E-state index in [0.29, 0.717) is 5.02 Å². The van der Waals surface area contributed by atoms with Gasteiger partial charge in [-0.3, -0.25) is 10.1 Å². The molecule has 0 fully saturated rings. The Morgan fingerprint density at radius 1 is 1.50 bits per heavy atom. The Bertz CT molecular complexity index is 517. The fraction of sp³-hybridized carbons (Fsp3) is 0. The van der Waals surface area contributed by atoms with Crippen LogP contribution in [0.4, 0.5) is 5.13 Å². The van der Waals surface area contributed by atoms with Crippen LogP contribution in [0.3, 0.4) is 0 Å². The summed E-state index contributed by atoms with van der Waals surface area (Å²) in [4.78, 5) is 11.6. The number of carbonyl (C=O) groups excluding carboxylic acids is 1. The molecule has 0 spiro atoms. The molecule has 0 bridgehead atoms. The first kappa shape index (κ1) is 10.8. The zero-order chi connectivity index (χ0) is 11.5. The third-order valence-corrected chi connectivity index (χ3v) is 2.47. The Balaban J connectivity index is 2.21. The Hall–Kier alpha value is -1.73. The fourth-order valence-electron chi connectivity index (χ4n) is 1.04. The van der Waals surface area contributed by atoms with Gasteiger partial charge in [-0.25, -0.2) is 0 Å². The number of phenols is 1. The van der Waals surface area contributed by atoms with Crippen LogP contribution in [0.15, 0.2) is 18.2 Å². The lowest BCUT2D eigenvalue weighted by atomic mass is 10.2. The molecule has 1 aromatic carbocycles. The molecule has 0 unspecified atom stereocenters. The van der Waals surface area contributed by atoms with E-state index in [1.807, 2.05) is 0 Å². The number of benzene rings is 1. The van der Waals surface area contributed by atoms with Gasteiger partial charge in [-0.05, 0) is 23.4 Å². The van der Waals surface area contributed by atoms with Gasteiger partial charge in [-0.1, -0.05) is 21.2 Å². The monoisotopic (exact) mass is 256 g/mol. The molecule has 0 saturated heterocycles. The highest BCUT2D eigenvalue weighted by atomic mass is 35.5. The van der Waals surface area contributed by atoms with Crippen molar-refractivity contribution < 1.29 is 9.90 Å². The average Bonchev–Trinajstić information content (AvgIpc) is 2.70. The molecule has 2 N–H and O–H groups in total. The van der Waals surface area contributed by atoms with Crippen molar-refractivity contribution in [3.05, 3.63) is 28.8 Å². The number of phenolic OH excluding ortho intramolecular Hbond substituents is 1. The Morgan fingerprint density at radius 3 is 2.94 bits per heavy atom. The molecule has 0 aliphatic carbocycles. The third-order valence-electron chi connectivity index (χ3n) is 1.72. The van der Waals surface area contributed by atoms with Crippen LogP contribution in [0.25, 0.3) is 0 Å². The molecule has 2 aromatic rings. The van der Waals surface area contributed by atoms with Gasteiger partial charge < -0.3 is 5.11 Å². The molecule has 2 rings (SSSR count). The van der Waals surface area contributed by atoms with E-state index >= 15 is 0 Å². The fourth-order valence-corrected chi connectivity index (χ4v) is 1.57. The third kappa shape index (κ3) is 2.26. The Kier molecular flexibility index (Phi) is 2.97. The molecule has 16 heavy (non-hydrogen) atoms. The molecule has 1 heterocycles. The number of halogens is 1. The van der Waals surface area contributed by atoms with Crippen molar-refractivity contribution in [3.8, 4) is 5.75 Å². The number of nitrogens with one attached hydrogen (secondary N) is 1. The minimum absolute atomic E-state index is 0.111. The number of aromatic hydroxyl groups is 1. The zero-order valence-electron chi connectivity index (χ0n) is 7.72. The maximum atomic E-state index is 11.6. The van der Waals surface area contributed by atoms with Gasteiger partial charge in [-0.2, -0.15) is 0 Å². The molecule has 1 aromatic heterocycles. The maximum Gasteiger partial charge on any atom is 0.261 e. The zero-order valence-corrected chi connectivity index (χ0v) is 9.29. The van der Waals surface area contributed by atoms with Crippen molar-refractivity contribution in [3.63, 3.8) is 0 Å². The highest BCUT2D eigenvalue weighted by Crippen LogP contribution is 2.22. The quantitative estimate of drug-likeness (QED) is 0.851. The standard InChI is InChI=1S/C8H5ClN4O2S/c9-4-1-2-5(6(14)3-4)7(15)10-8-11-12-13-16-8/h1-3,14H,(H,10,11,13,15). The van der Waals surface area contributed by atoms with Crippen molar-refractivity contribution in [1.29, 1.82) is 0 Å². The van der Waals surface area contributed by atoms with E-state index in [9.17, 15) is 9.90 Å². The number of rotatable bonds is 2. The van der Waals surface area contributed by atoms with Gasteiger partial charge >= 0.3 is 0 Å². The normalized spacial score (nSPS) is 10.1. The highest BCUT2D eigenvalue weighted by molar-refractivity contribution is 7.09. The molecule has 0 radical (unpaired) electrons. The summed E-state index contributed by atoms with van der Waals surface area (Å²) in [6, 6.07) is 4.21. The second kappa shape index (κ2) is 4.42. The minimum atomic E-state index is -0.493. The van der Waals surface area contributed by atoms with Crippen molar-refractivity contribution in [2.45, 2.75) is 0 Å². The number of nitrogens with zero attached hydrogens (tertiary/aromatic N) is 3. The van der Waals surface area contributed by atoms with Gasteiger partial charge in [0.25, 0.3) is 5.91 Å². The SMILES string of the molecule is O=C(Nc1nnns1)c1ccc(Cl)cc1O. The van der Waals surface area contributed by atoms with Gasteiger partial charge in [0.2, 0.25) is 5.13 Å². The van der Waals surface area contributed by atoms with Crippen molar-refractivity contribution in [1.82, 2.24) is 14.8 Å². The van der Waals surface area contributed by atoms with E-state index in [1.54, 1.807) is 0 Å². The molecule has 0 atom stereocenters. The largest absolute Gasteiger partial charge is 0.507 e. The van der Waals surface area contributed by atoms with Crippen LogP contribution in [0, 0.1) is 0 Å². The van der Waals surface area contributed by atoms with E-state index in [4.69, 9.17) is 11.6 Å². The molecular weight excluding hydrogens is 252 g/mol. The van der Waals surface area contributed by atoms with Crippen LogP contribution in [0.5, 0.6) is 5.75 Å². The molecular formula is C8H5ClN4O2S. The topological polar surface area (TPSA) is 88.0 Å². The number of hydrogen-bond donors (Lipinski definition) is 2. The lowest BCUT2D eigenvalue weighted by Crippen LogP contribution is -2.11. The number of aromatic nitrogens is 3. The number of hydrogen-bond acceptors (Lipinski definition) is 6. The first-order chi connectivity index (χ1) is 7.66. The minimum Gasteiger partial charge on any atom is -0.507 e. The smallest absolute Gasteiger partial charge is 0.261 e. The van der Waals surface area contributed by atoms with Gasteiger partial charge in [-0.15, -0.1) is 0 Å². The Morgan fingerprint density at radius 2 is 2.31 bits per heavy atom. The van der Waals surface area contributed by atoms with Crippen LogP contribution >= 0.6 is 23.1 Å². The van der Waals surface area contributed by atoms with Crippen molar-refractivity contribution in [2.24, 2.45) is 0 Å². The first-order valence-corrected chi connectivity index (χ1v) is 5.27. The molecule has 0 aliphatic rings. The maximum absolute atomic E-state index is 11.6.